The number of allylic oxidation sites excluding steroid dienone is 1. The van der Waals surface area contributed by atoms with Crippen LogP contribution < -0.4 is 5.32 Å². The number of nitrogens with one attached hydrogen (secondary N) is 2. The molecule has 0 saturated carbocycles. The lowest BCUT2D eigenvalue weighted by Crippen LogP contribution is -2.27. The first-order valence-corrected chi connectivity index (χ1v) is 6.00. The molecule has 0 aliphatic heterocycles. The summed E-state index contributed by atoms with van der Waals surface area (Å²) in [6, 6.07) is 2.28. The molecule has 0 radical (unpaired) electrons. The van der Waals surface area contributed by atoms with Gasteiger partial charge in [-0.1, -0.05) is 12.2 Å². The van der Waals surface area contributed by atoms with Crippen molar-refractivity contribution >= 4 is 6.08 Å². The summed E-state index contributed by atoms with van der Waals surface area (Å²) in [6.45, 7) is 3.12. The lowest BCUT2D eigenvalue weighted by Gasteiger charge is -2.15. The summed E-state index contributed by atoms with van der Waals surface area (Å²) in [6.07, 6.45) is 6.81. The van der Waals surface area contributed by atoms with Crippen molar-refractivity contribution in [3.63, 3.8) is 0 Å². The van der Waals surface area contributed by atoms with Gasteiger partial charge in [0.2, 0.25) is 0 Å². The number of aromatic amines is 1. The number of fused-ring (bicyclic) bond motifs is 1. The van der Waals surface area contributed by atoms with E-state index in [0.717, 1.165) is 26.1 Å². The van der Waals surface area contributed by atoms with Gasteiger partial charge in [-0.2, -0.15) is 0 Å². The number of H-pyrrole nitrogens is 1. The number of rotatable bonds is 5. The zero-order chi connectivity index (χ0) is 11.4. The molecule has 0 bridgehead atoms. The van der Waals surface area contributed by atoms with Crippen LogP contribution in [0.4, 0.5) is 0 Å². The maximum atomic E-state index is 3.53. The average molecular weight is 219 g/mol. The van der Waals surface area contributed by atoms with E-state index in [9.17, 15) is 0 Å². The first kappa shape index (κ1) is 11.4. The third-order valence-electron chi connectivity index (χ3n) is 3.03. The van der Waals surface area contributed by atoms with E-state index < -0.39 is 0 Å². The van der Waals surface area contributed by atoms with Crippen molar-refractivity contribution in [3.05, 3.63) is 29.1 Å². The zero-order valence-electron chi connectivity index (χ0n) is 10.2. The van der Waals surface area contributed by atoms with E-state index in [1.165, 1.54) is 23.4 Å². The average Bonchev–Trinajstić information content (AvgIpc) is 2.68. The summed E-state index contributed by atoms with van der Waals surface area (Å²) in [4.78, 5) is 5.86. The number of aryl methyl sites for hydroxylation is 1. The van der Waals surface area contributed by atoms with Gasteiger partial charge in [0, 0.05) is 31.0 Å². The summed E-state index contributed by atoms with van der Waals surface area (Å²) in [5.74, 6) is 0. The third kappa shape index (κ3) is 2.74. The Balaban J connectivity index is 1.94. The molecule has 1 heterocycles. The highest BCUT2D eigenvalue weighted by molar-refractivity contribution is 5.55. The smallest absolute Gasteiger partial charge is 0.0382 e. The Bertz CT molecular complexity index is 365. The Morgan fingerprint density at radius 2 is 2.38 bits per heavy atom. The summed E-state index contributed by atoms with van der Waals surface area (Å²) >= 11 is 0. The molecule has 1 aliphatic carbocycles. The number of aromatic nitrogens is 1. The van der Waals surface area contributed by atoms with Crippen LogP contribution in [0.5, 0.6) is 0 Å². The lowest BCUT2D eigenvalue weighted by molar-refractivity contribution is 0.324. The van der Waals surface area contributed by atoms with Crippen molar-refractivity contribution in [2.24, 2.45) is 0 Å². The fourth-order valence-corrected chi connectivity index (χ4v) is 2.13. The van der Waals surface area contributed by atoms with Crippen molar-refractivity contribution in [2.45, 2.75) is 19.4 Å². The summed E-state index contributed by atoms with van der Waals surface area (Å²) in [7, 11) is 4.15. The van der Waals surface area contributed by atoms with Gasteiger partial charge in [-0.15, -0.1) is 0 Å². The van der Waals surface area contributed by atoms with Gasteiger partial charge in [-0.25, -0.2) is 0 Å². The molecule has 1 aromatic heterocycles. The van der Waals surface area contributed by atoms with Crippen molar-refractivity contribution in [2.75, 3.05) is 27.2 Å². The monoisotopic (exact) mass is 219 g/mol. The molecular formula is C13H21N3. The molecule has 1 aromatic rings. The van der Waals surface area contributed by atoms with Crippen LogP contribution >= 0.6 is 0 Å². The number of hydrogen-bond acceptors (Lipinski definition) is 2. The van der Waals surface area contributed by atoms with Crippen LogP contribution in [0.3, 0.4) is 0 Å². The van der Waals surface area contributed by atoms with Gasteiger partial charge >= 0.3 is 0 Å². The standard InChI is InChI=1S/C13H21N3/c1-14-7-8-16(2)10-12-9-11-5-3-4-6-13(11)15-12/h3,5,9,14-15H,4,6-8,10H2,1-2H3. The van der Waals surface area contributed by atoms with Crippen LogP contribution in [0.25, 0.3) is 6.08 Å². The van der Waals surface area contributed by atoms with Gasteiger partial charge < -0.3 is 10.3 Å². The predicted octanol–water partition coefficient (Wildman–Crippen LogP) is 1.63. The quantitative estimate of drug-likeness (QED) is 0.788. The van der Waals surface area contributed by atoms with Crippen molar-refractivity contribution in [1.82, 2.24) is 15.2 Å². The van der Waals surface area contributed by atoms with Crippen LogP contribution in [0.1, 0.15) is 23.4 Å². The van der Waals surface area contributed by atoms with Crippen molar-refractivity contribution in [3.8, 4) is 0 Å². The molecular weight excluding hydrogens is 198 g/mol. The Morgan fingerprint density at radius 1 is 1.50 bits per heavy atom. The van der Waals surface area contributed by atoms with E-state index >= 15 is 0 Å². The molecule has 3 heteroatoms. The molecule has 16 heavy (non-hydrogen) atoms. The highest BCUT2D eigenvalue weighted by atomic mass is 15.1. The lowest BCUT2D eigenvalue weighted by atomic mass is 10.1. The largest absolute Gasteiger partial charge is 0.361 e. The highest BCUT2D eigenvalue weighted by Crippen LogP contribution is 2.20. The van der Waals surface area contributed by atoms with Gasteiger partial charge in [-0.3, -0.25) is 4.90 Å². The molecule has 0 fully saturated rings. The maximum absolute atomic E-state index is 3.53. The van der Waals surface area contributed by atoms with Crippen LogP contribution in [-0.4, -0.2) is 37.1 Å². The molecule has 0 saturated heterocycles. The second kappa shape index (κ2) is 5.32. The normalized spacial score (nSPS) is 14.4. The second-order valence-electron chi connectivity index (χ2n) is 4.51. The number of hydrogen-bond donors (Lipinski definition) is 2. The third-order valence-corrected chi connectivity index (χ3v) is 3.03. The Kier molecular flexibility index (Phi) is 3.80. The minimum atomic E-state index is 1.00. The molecule has 2 rings (SSSR count). The fourth-order valence-electron chi connectivity index (χ4n) is 2.13. The van der Waals surface area contributed by atoms with Gasteiger partial charge in [-0.05, 0) is 38.6 Å². The number of nitrogens with zero attached hydrogens (tertiary/aromatic N) is 1. The van der Waals surface area contributed by atoms with E-state index in [0.29, 0.717) is 0 Å². The first-order valence-electron chi connectivity index (χ1n) is 6.00. The Labute approximate surface area is 97.5 Å². The minimum Gasteiger partial charge on any atom is -0.361 e. The topological polar surface area (TPSA) is 31.1 Å². The molecule has 0 atom stereocenters. The van der Waals surface area contributed by atoms with Crippen molar-refractivity contribution in [1.29, 1.82) is 0 Å². The predicted molar refractivity (Wildman–Crippen MR) is 68.4 cm³/mol. The van der Waals surface area contributed by atoms with E-state index in [4.69, 9.17) is 0 Å². The fraction of sp³-hybridized carbons (Fsp3) is 0.538. The summed E-state index contributed by atoms with van der Waals surface area (Å²) in [5.41, 5.74) is 4.11. The summed E-state index contributed by atoms with van der Waals surface area (Å²) in [5, 5.41) is 3.17. The zero-order valence-corrected chi connectivity index (χ0v) is 10.2. The molecule has 1 aliphatic rings. The Morgan fingerprint density at radius 3 is 3.12 bits per heavy atom. The molecule has 0 amide bonds. The Hall–Kier alpha value is -1.06. The van der Waals surface area contributed by atoms with Crippen LogP contribution in [0.15, 0.2) is 12.1 Å². The van der Waals surface area contributed by atoms with E-state index in [-0.39, 0.29) is 0 Å². The van der Waals surface area contributed by atoms with Gasteiger partial charge in [0.15, 0.2) is 0 Å². The molecule has 0 unspecified atom stereocenters. The van der Waals surface area contributed by atoms with Crippen molar-refractivity contribution < 1.29 is 0 Å². The molecule has 0 spiro atoms. The molecule has 0 aromatic carbocycles. The van der Waals surface area contributed by atoms with Crippen LogP contribution in [-0.2, 0) is 13.0 Å². The first-order chi connectivity index (χ1) is 7.79. The molecule has 88 valence electrons. The van der Waals surface area contributed by atoms with E-state index in [1.807, 2.05) is 7.05 Å². The van der Waals surface area contributed by atoms with Gasteiger partial charge in [0.25, 0.3) is 0 Å². The van der Waals surface area contributed by atoms with E-state index in [1.54, 1.807) is 0 Å². The summed E-state index contributed by atoms with van der Waals surface area (Å²) < 4.78 is 0. The highest BCUT2D eigenvalue weighted by Gasteiger charge is 2.09. The van der Waals surface area contributed by atoms with Gasteiger partial charge in [0.05, 0.1) is 0 Å². The molecule has 3 nitrogen and oxygen atoms in total. The van der Waals surface area contributed by atoms with Crippen LogP contribution in [0, 0.1) is 0 Å². The number of likely N-dealkylation sites (N-methyl/N-ethyl adjacent to an activating group) is 2. The minimum absolute atomic E-state index is 1.00. The molecule has 2 N–H and O–H groups in total. The van der Waals surface area contributed by atoms with E-state index in [2.05, 4.69) is 40.5 Å². The second-order valence-corrected chi connectivity index (χ2v) is 4.51. The van der Waals surface area contributed by atoms with Crippen LogP contribution in [0.2, 0.25) is 0 Å². The SMILES string of the molecule is CNCCN(C)Cc1cc2c([nH]1)CCC=C2. The maximum Gasteiger partial charge on any atom is 0.0382 e. The van der Waals surface area contributed by atoms with Gasteiger partial charge in [0.1, 0.15) is 0 Å².